The van der Waals surface area contributed by atoms with Crippen molar-refractivity contribution in [2.75, 3.05) is 6.54 Å². The molecular weight excluding hydrogens is 350 g/mol. The van der Waals surface area contributed by atoms with Crippen LogP contribution in [0.2, 0.25) is 0 Å². The highest BCUT2D eigenvalue weighted by molar-refractivity contribution is 5.92. The number of aromatic nitrogens is 2. The van der Waals surface area contributed by atoms with Gasteiger partial charge in [0.1, 0.15) is 5.76 Å². The van der Waals surface area contributed by atoms with Gasteiger partial charge in [-0.1, -0.05) is 41.6 Å². The number of pyridine rings is 1. The summed E-state index contributed by atoms with van der Waals surface area (Å²) < 4.78 is 5.25. The van der Waals surface area contributed by atoms with Gasteiger partial charge < -0.3 is 9.42 Å². The van der Waals surface area contributed by atoms with Crippen LogP contribution < -0.4 is 0 Å². The second kappa shape index (κ2) is 7.80. The summed E-state index contributed by atoms with van der Waals surface area (Å²) in [5.74, 6) is 0.818. The van der Waals surface area contributed by atoms with Crippen LogP contribution in [0, 0.1) is 13.8 Å². The quantitative estimate of drug-likeness (QED) is 0.620. The van der Waals surface area contributed by atoms with E-state index >= 15 is 0 Å². The Morgan fingerprint density at radius 3 is 2.68 bits per heavy atom. The highest BCUT2D eigenvalue weighted by Crippen LogP contribution is 2.33. The van der Waals surface area contributed by atoms with E-state index in [-0.39, 0.29) is 11.9 Å². The molecule has 28 heavy (non-hydrogen) atoms. The van der Waals surface area contributed by atoms with Crippen LogP contribution in [0.15, 0.2) is 59.3 Å². The Morgan fingerprint density at radius 1 is 1.18 bits per heavy atom. The molecule has 0 aliphatic carbocycles. The van der Waals surface area contributed by atoms with Gasteiger partial charge >= 0.3 is 0 Å². The predicted molar refractivity (Wildman–Crippen MR) is 108 cm³/mol. The van der Waals surface area contributed by atoms with Crippen molar-refractivity contribution in [1.29, 1.82) is 0 Å². The molecule has 1 amide bonds. The number of hydrogen-bond donors (Lipinski definition) is 0. The molecule has 0 radical (unpaired) electrons. The first kappa shape index (κ1) is 18.2. The third kappa shape index (κ3) is 3.60. The molecular formula is C23H23N3O2. The maximum Gasteiger partial charge on any atom is 0.247 e. The molecule has 142 valence electrons. The SMILES string of the molecule is Cc1noc(C)c1-c1ccc([C@H]2CCCN2C(=O)/C=C/c2ccccc2)nc1. The van der Waals surface area contributed by atoms with E-state index in [4.69, 9.17) is 4.52 Å². The van der Waals surface area contributed by atoms with Crippen LogP contribution in [0.3, 0.4) is 0 Å². The fourth-order valence-electron chi connectivity index (χ4n) is 3.81. The minimum Gasteiger partial charge on any atom is -0.361 e. The van der Waals surface area contributed by atoms with Crippen molar-refractivity contribution in [1.82, 2.24) is 15.0 Å². The molecule has 3 heterocycles. The molecule has 1 atom stereocenters. The Morgan fingerprint density at radius 2 is 2.00 bits per heavy atom. The van der Waals surface area contributed by atoms with Gasteiger partial charge in [0.25, 0.3) is 0 Å². The van der Waals surface area contributed by atoms with Crippen molar-refractivity contribution in [3.8, 4) is 11.1 Å². The number of hydrogen-bond acceptors (Lipinski definition) is 4. The average molecular weight is 373 g/mol. The molecule has 0 saturated carbocycles. The number of benzene rings is 1. The van der Waals surface area contributed by atoms with E-state index in [1.54, 1.807) is 6.08 Å². The van der Waals surface area contributed by atoms with E-state index in [1.807, 2.05) is 73.5 Å². The van der Waals surface area contributed by atoms with Crippen molar-refractivity contribution >= 4 is 12.0 Å². The monoisotopic (exact) mass is 373 g/mol. The summed E-state index contributed by atoms with van der Waals surface area (Å²) in [4.78, 5) is 19.3. The van der Waals surface area contributed by atoms with Crippen LogP contribution in [0.25, 0.3) is 17.2 Å². The summed E-state index contributed by atoms with van der Waals surface area (Å²) >= 11 is 0. The van der Waals surface area contributed by atoms with E-state index in [1.165, 1.54) is 0 Å². The van der Waals surface area contributed by atoms with E-state index in [9.17, 15) is 4.79 Å². The first-order valence-electron chi connectivity index (χ1n) is 9.56. The number of carbonyl (C=O) groups excluding carboxylic acids is 1. The average Bonchev–Trinajstić information content (AvgIpc) is 3.34. The molecule has 0 unspecified atom stereocenters. The Balaban J connectivity index is 1.52. The summed E-state index contributed by atoms with van der Waals surface area (Å²) in [6, 6.07) is 13.9. The molecule has 1 aliphatic rings. The molecule has 0 spiro atoms. The lowest BCUT2D eigenvalue weighted by atomic mass is 10.0. The molecule has 1 aliphatic heterocycles. The maximum atomic E-state index is 12.7. The Hall–Kier alpha value is -3.21. The molecule has 2 aromatic heterocycles. The molecule has 0 bridgehead atoms. The third-order valence-corrected chi connectivity index (χ3v) is 5.20. The smallest absolute Gasteiger partial charge is 0.247 e. The molecule has 5 heteroatoms. The first-order chi connectivity index (χ1) is 13.6. The molecule has 5 nitrogen and oxygen atoms in total. The van der Waals surface area contributed by atoms with E-state index < -0.39 is 0 Å². The van der Waals surface area contributed by atoms with Crippen molar-refractivity contribution in [3.63, 3.8) is 0 Å². The number of carbonyl (C=O) groups is 1. The maximum absolute atomic E-state index is 12.7. The third-order valence-electron chi connectivity index (χ3n) is 5.20. The Labute approximate surface area is 164 Å². The van der Waals surface area contributed by atoms with E-state index in [0.717, 1.165) is 53.2 Å². The number of nitrogens with zero attached hydrogens (tertiary/aromatic N) is 3. The first-order valence-corrected chi connectivity index (χ1v) is 9.56. The van der Waals surface area contributed by atoms with Crippen LogP contribution in [-0.4, -0.2) is 27.5 Å². The number of amides is 1. The minimum atomic E-state index is 0.0200. The van der Waals surface area contributed by atoms with Gasteiger partial charge in [0.05, 0.1) is 17.4 Å². The molecule has 1 fully saturated rings. The lowest BCUT2D eigenvalue weighted by molar-refractivity contribution is -0.126. The topological polar surface area (TPSA) is 59.2 Å². The fraction of sp³-hybridized carbons (Fsp3) is 0.261. The highest BCUT2D eigenvalue weighted by atomic mass is 16.5. The van der Waals surface area contributed by atoms with Crippen LogP contribution in [0.1, 0.15) is 41.6 Å². The normalized spacial score (nSPS) is 16.8. The van der Waals surface area contributed by atoms with Gasteiger partial charge in [0.2, 0.25) is 5.91 Å². The van der Waals surface area contributed by atoms with Crippen LogP contribution >= 0.6 is 0 Å². The van der Waals surface area contributed by atoms with Gasteiger partial charge in [-0.25, -0.2) is 0 Å². The Kier molecular flexibility index (Phi) is 5.06. The zero-order valence-corrected chi connectivity index (χ0v) is 16.1. The van der Waals surface area contributed by atoms with E-state index in [0.29, 0.717) is 0 Å². The standard InChI is InChI=1S/C23H23N3O2/c1-16-23(17(2)28-25-16)19-11-12-20(24-15-19)21-9-6-14-26(21)22(27)13-10-18-7-4-3-5-8-18/h3-5,7-8,10-13,15,21H,6,9,14H2,1-2H3/b13-10+/t21-/m1/s1. The van der Waals surface area contributed by atoms with Gasteiger partial charge in [-0.2, -0.15) is 0 Å². The summed E-state index contributed by atoms with van der Waals surface area (Å²) in [6.45, 7) is 4.59. The summed E-state index contributed by atoms with van der Waals surface area (Å²) in [6.07, 6.45) is 7.30. The zero-order chi connectivity index (χ0) is 19.5. The summed E-state index contributed by atoms with van der Waals surface area (Å²) in [5.41, 5.74) is 4.78. The lowest BCUT2D eigenvalue weighted by Crippen LogP contribution is -2.29. The van der Waals surface area contributed by atoms with Crippen LogP contribution in [0.5, 0.6) is 0 Å². The van der Waals surface area contributed by atoms with Gasteiger partial charge in [-0.15, -0.1) is 0 Å². The molecule has 4 rings (SSSR count). The molecule has 0 N–H and O–H groups in total. The molecule has 3 aromatic rings. The number of rotatable bonds is 4. The second-order valence-electron chi connectivity index (χ2n) is 7.10. The largest absolute Gasteiger partial charge is 0.361 e. The van der Waals surface area contributed by atoms with Crippen molar-refractivity contribution < 1.29 is 9.32 Å². The second-order valence-corrected chi connectivity index (χ2v) is 7.10. The number of aryl methyl sites for hydroxylation is 2. The van der Waals surface area contributed by atoms with Gasteiger partial charge in [-0.05, 0) is 44.4 Å². The zero-order valence-electron chi connectivity index (χ0n) is 16.1. The van der Waals surface area contributed by atoms with Crippen molar-refractivity contribution in [3.05, 3.63) is 77.4 Å². The van der Waals surface area contributed by atoms with Gasteiger partial charge in [0, 0.05) is 29.9 Å². The van der Waals surface area contributed by atoms with Crippen LogP contribution in [0.4, 0.5) is 0 Å². The van der Waals surface area contributed by atoms with E-state index in [2.05, 4.69) is 10.1 Å². The van der Waals surface area contributed by atoms with Crippen LogP contribution in [-0.2, 0) is 4.79 Å². The predicted octanol–water partition coefficient (Wildman–Crippen LogP) is 4.73. The fourth-order valence-corrected chi connectivity index (χ4v) is 3.81. The molecule has 1 saturated heterocycles. The van der Waals surface area contributed by atoms with Gasteiger partial charge in [-0.3, -0.25) is 9.78 Å². The summed E-state index contributed by atoms with van der Waals surface area (Å²) in [7, 11) is 0. The summed E-state index contributed by atoms with van der Waals surface area (Å²) in [5, 5.41) is 4.01. The highest BCUT2D eigenvalue weighted by Gasteiger charge is 2.29. The van der Waals surface area contributed by atoms with Crippen molar-refractivity contribution in [2.45, 2.75) is 32.7 Å². The number of likely N-dealkylation sites (tertiary alicyclic amines) is 1. The minimum absolute atomic E-state index is 0.0200. The molecule has 1 aromatic carbocycles. The lowest BCUT2D eigenvalue weighted by Gasteiger charge is -2.23. The van der Waals surface area contributed by atoms with Gasteiger partial charge in [0.15, 0.2) is 0 Å². The Bertz CT molecular complexity index is 971. The van der Waals surface area contributed by atoms with Crippen molar-refractivity contribution in [2.24, 2.45) is 0 Å².